The Balaban J connectivity index is 1.96. The third-order valence-electron chi connectivity index (χ3n) is 5.52. The monoisotopic (exact) mass is 394 g/mol. The van der Waals surface area contributed by atoms with E-state index >= 15 is 0 Å². The van der Waals surface area contributed by atoms with Crippen LogP contribution in [0.4, 0.5) is 11.4 Å². The van der Waals surface area contributed by atoms with Gasteiger partial charge < -0.3 is 4.74 Å². The average molecular weight is 395 g/mol. The zero-order valence-electron chi connectivity index (χ0n) is 18.7. The van der Waals surface area contributed by atoms with Crippen LogP contribution in [-0.4, -0.2) is 11.6 Å². The third kappa shape index (κ3) is 7.45. The summed E-state index contributed by atoms with van der Waals surface area (Å²) in [6.45, 7) is 12.8. The largest absolute Gasteiger partial charge is 0.459 e. The quantitative estimate of drug-likeness (QED) is 0.327. The third-order valence-corrected chi connectivity index (χ3v) is 5.52. The minimum Gasteiger partial charge on any atom is -0.459 e. The highest BCUT2D eigenvalue weighted by atomic mass is 16.6. The second kappa shape index (κ2) is 9.82. The number of aryl methyl sites for hydroxylation is 1. The van der Waals surface area contributed by atoms with E-state index in [1.54, 1.807) is 0 Å². The molecule has 1 atom stereocenters. The Hall–Kier alpha value is -2.49. The van der Waals surface area contributed by atoms with Gasteiger partial charge in [-0.25, -0.2) is 0 Å². The Morgan fingerprint density at radius 1 is 0.862 bits per heavy atom. The molecular formula is C25H34N2O2. The lowest BCUT2D eigenvalue weighted by Crippen LogP contribution is -2.36. The zero-order valence-corrected chi connectivity index (χ0v) is 18.7. The second-order valence-electron chi connectivity index (χ2n) is 8.85. The van der Waals surface area contributed by atoms with E-state index in [9.17, 15) is 4.79 Å². The summed E-state index contributed by atoms with van der Waals surface area (Å²) < 4.78 is 5.89. The molecule has 156 valence electrons. The second-order valence-corrected chi connectivity index (χ2v) is 8.85. The van der Waals surface area contributed by atoms with Gasteiger partial charge in [0.25, 0.3) is 0 Å². The van der Waals surface area contributed by atoms with Crippen molar-refractivity contribution in [3.63, 3.8) is 0 Å². The molecule has 0 amide bonds. The molecule has 2 aromatic rings. The van der Waals surface area contributed by atoms with Crippen LogP contribution in [0.25, 0.3) is 0 Å². The van der Waals surface area contributed by atoms with Crippen molar-refractivity contribution < 1.29 is 9.53 Å². The first-order valence-corrected chi connectivity index (χ1v) is 10.4. The maximum absolute atomic E-state index is 12.5. The van der Waals surface area contributed by atoms with E-state index in [-0.39, 0.29) is 17.8 Å². The average Bonchev–Trinajstić information content (AvgIpc) is 2.68. The molecule has 4 heteroatoms. The van der Waals surface area contributed by atoms with E-state index < -0.39 is 5.60 Å². The minimum atomic E-state index is -0.432. The predicted octanol–water partition coefficient (Wildman–Crippen LogP) is 7.49. The van der Waals surface area contributed by atoms with Gasteiger partial charge in [0, 0.05) is 0 Å². The molecule has 0 saturated carbocycles. The summed E-state index contributed by atoms with van der Waals surface area (Å²) >= 11 is 0. The maximum Gasteiger partial charge on any atom is 0.310 e. The van der Waals surface area contributed by atoms with Crippen LogP contribution in [0, 0.1) is 12.3 Å². The van der Waals surface area contributed by atoms with E-state index in [0.29, 0.717) is 0 Å². The molecule has 0 aliphatic carbocycles. The van der Waals surface area contributed by atoms with E-state index in [1.807, 2.05) is 62.4 Å². The maximum atomic E-state index is 12.5. The van der Waals surface area contributed by atoms with Crippen molar-refractivity contribution in [2.75, 3.05) is 0 Å². The number of hydrogen-bond acceptors (Lipinski definition) is 4. The fourth-order valence-electron chi connectivity index (χ4n) is 3.26. The van der Waals surface area contributed by atoms with Crippen LogP contribution >= 0.6 is 0 Å². The predicted molar refractivity (Wildman–Crippen MR) is 119 cm³/mol. The summed E-state index contributed by atoms with van der Waals surface area (Å²) in [4.78, 5) is 12.5. The lowest BCUT2D eigenvalue weighted by molar-refractivity contribution is -0.160. The Bertz CT molecular complexity index is 823. The van der Waals surface area contributed by atoms with Gasteiger partial charge in [0.2, 0.25) is 0 Å². The van der Waals surface area contributed by atoms with Crippen molar-refractivity contribution in [1.82, 2.24) is 0 Å². The van der Waals surface area contributed by atoms with Crippen molar-refractivity contribution in [2.45, 2.75) is 72.8 Å². The molecule has 0 bridgehead atoms. The summed E-state index contributed by atoms with van der Waals surface area (Å²) in [6, 6.07) is 15.5. The van der Waals surface area contributed by atoms with Crippen LogP contribution in [0.2, 0.25) is 0 Å². The number of rotatable bonds is 9. The highest BCUT2D eigenvalue weighted by molar-refractivity contribution is 5.73. The number of carbonyl (C=O) groups is 1. The van der Waals surface area contributed by atoms with Gasteiger partial charge in [0.15, 0.2) is 0 Å². The molecule has 0 spiro atoms. The number of ether oxygens (including phenoxy) is 1. The molecule has 0 aromatic heterocycles. The molecule has 1 unspecified atom stereocenters. The zero-order chi connectivity index (χ0) is 21.5. The fourth-order valence-corrected chi connectivity index (χ4v) is 3.26. The van der Waals surface area contributed by atoms with Crippen LogP contribution in [-0.2, 0) is 16.0 Å². The van der Waals surface area contributed by atoms with Gasteiger partial charge in [-0.3, -0.25) is 4.79 Å². The number of benzene rings is 2. The molecule has 0 fully saturated rings. The summed E-state index contributed by atoms with van der Waals surface area (Å²) in [7, 11) is 0. The summed E-state index contributed by atoms with van der Waals surface area (Å²) in [6.07, 6.45) is 2.98. The Morgan fingerprint density at radius 3 is 1.86 bits per heavy atom. The first kappa shape index (κ1) is 22.8. The standard InChI is InChI=1S/C25H34N2O2/c1-7-24(4,5)18-25(6,8-2)29-23(28)17-20-11-15-22(16-12-20)27-26-21-13-9-19(3)10-14-21/h9-16H,7-8,17-18H2,1-6H3. The van der Waals surface area contributed by atoms with Gasteiger partial charge in [0.05, 0.1) is 17.8 Å². The molecule has 0 aliphatic heterocycles. The van der Waals surface area contributed by atoms with Crippen LogP contribution in [0.3, 0.4) is 0 Å². The smallest absolute Gasteiger partial charge is 0.310 e. The van der Waals surface area contributed by atoms with Gasteiger partial charge in [-0.05, 0) is 61.9 Å². The van der Waals surface area contributed by atoms with Crippen molar-refractivity contribution in [3.05, 3.63) is 59.7 Å². The van der Waals surface area contributed by atoms with Crippen LogP contribution in [0.15, 0.2) is 58.8 Å². The van der Waals surface area contributed by atoms with E-state index in [0.717, 1.165) is 36.2 Å². The van der Waals surface area contributed by atoms with Crippen LogP contribution in [0.5, 0.6) is 0 Å². The fraction of sp³-hybridized carbons (Fsp3) is 0.480. The number of azo groups is 1. The molecule has 0 radical (unpaired) electrons. The van der Waals surface area contributed by atoms with Gasteiger partial charge in [-0.15, -0.1) is 0 Å². The molecule has 4 nitrogen and oxygen atoms in total. The first-order valence-electron chi connectivity index (χ1n) is 10.4. The van der Waals surface area contributed by atoms with Crippen LogP contribution < -0.4 is 0 Å². The Labute approximate surface area is 175 Å². The van der Waals surface area contributed by atoms with Crippen molar-refractivity contribution in [1.29, 1.82) is 0 Å². The van der Waals surface area contributed by atoms with Gasteiger partial charge in [-0.1, -0.05) is 63.9 Å². The normalized spacial score (nSPS) is 14.0. The lowest BCUT2D eigenvalue weighted by Gasteiger charge is -2.36. The number of esters is 1. The van der Waals surface area contributed by atoms with Crippen LogP contribution in [0.1, 0.15) is 65.0 Å². The van der Waals surface area contributed by atoms with Gasteiger partial charge in [-0.2, -0.15) is 10.2 Å². The summed E-state index contributed by atoms with van der Waals surface area (Å²) in [5.74, 6) is -0.185. The Kier molecular flexibility index (Phi) is 7.72. The molecule has 29 heavy (non-hydrogen) atoms. The highest BCUT2D eigenvalue weighted by Crippen LogP contribution is 2.35. The number of carbonyl (C=O) groups excluding carboxylic acids is 1. The molecule has 2 rings (SSSR count). The minimum absolute atomic E-state index is 0.148. The van der Waals surface area contributed by atoms with Crippen molar-refractivity contribution in [2.24, 2.45) is 15.6 Å². The van der Waals surface area contributed by atoms with Crippen molar-refractivity contribution >= 4 is 17.3 Å². The highest BCUT2D eigenvalue weighted by Gasteiger charge is 2.33. The van der Waals surface area contributed by atoms with Gasteiger partial charge in [0.1, 0.15) is 5.60 Å². The van der Waals surface area contributed by atoms with E-state index in [4.69, 9.17) is 4.74 Å². The molecule has 0 heterocycles. The number of nitrogens with zero attached hydrogens (tertiary/aromatic N) is 2. The molecule has 2 aromatic carbocycles. The van der Waals surface area contributed by atoms with Crippen molar-refractivity contribution in [3.8, 4) is 0 Å². The molecule has 0 saturated heterocycles. The molecule has 0 N–H and O–H groups in total. The first-order chi connectivity index (χ1) is 13.6. The summed E-state index contributed by atoms with van der Waals surface area (Å²) in [5.41, 5.74) is 3.39. The van der Waals surface area contributed by atoms with E-state index in [2.05, 4.69) is 37.9 Å². The van der Waals surface area contributed by atoms with E-state index in [1.165, 1.54) is 5.56 Å². The van der Waals surface area contributed by atoms with Gasteiger partial charge >= 0.3 is 5.97 Å². The SMILES string of the molecule is CCC(C)(C)CC(C)(CC)OC(=O)Cc1ccc(N=Nc2ccc(C)cc2)cc1. The lowest BCUT2D eigenvalue weighted by atomic mass is 9.78. The molecular weight excluding hydrogens is 360 g/mol. The molecule has 0 aliphatic rings. The summed E-state index contributed by atoms with van der Waals surface area (Å²) in [5, 5.41) is 8.50. The Morgan fingerprint density at radius 2 is 1.38 bits per heavy atom. The number of hydrogen-bond donors (Lipinski definition) is 0. The topological polar surface area (TPSA) is 51.0 Å².